The molecule has 0 saturated heterocycles. The van der Waals surface area contributed by atoms with Crippen LogP contribution in [0, 0.1) is 11.6 Å². The molecule has 1 unspecified atom stereocenters. The van der Waals surface area contributed by atoms with E-state index in [4.69, 9.17) is 4.74 Å². The second-order valence-corrected chi connectivity index (χ2v) is 5.16. The van der Waals surface area contributed by atoms with Crippen LogP contribution in [0.2, 0.25) is 0 Å². The molecule has 0 radical (unpaired) electrons. The highest BCUT2D eigenvalue weighted by molar-refractivity contribution is 9.10. The van der Waals surface area contributed by atoms with Crippen molar-refractivity contribution in [2.24, 2.45) is 0 Å². The average Bonchev–Trinajstić information content (AvgIpc) is 2.32. The minimum absolute atomic E-state index is 0.0326. The molecule has 106 valence electrons. The highest BCUT2D eigenvalue weighted by Crippen LogP contribution is 2.25. The smallest absolute Gasteiger partial charge is 0.258 e. The first-order valence-corrected chi connectivity index (χ1v) is 6.80. The van der Waals surface area contributed by atoms with Gasteiger partial charge in [-0.3, -0.25) is 4.79 Å². The molecule has 1 N–H and O–H groups in total. The van der Waals surface area contributed by atoms with Gasteiger partial charge >= 0.3 is 0 Å². The van der Waals surface area contributed by atoms with Gasteiger partial charge in [0.25, 0.3) is 5.91 Å². The Morgan fingerprint density at radius 2 is 2.16 bits per heavy atom. The first-order chi connectivity index (χ1) is 8.93. The molecule has 1 amide bonds. The van der Waals surface area contributed by atoms with E-state index in [1.54, 1.807) is 0 Å². The summed E-state index contributed by atoms with van der Waals surface area (Å²) >= 11 is 3.03. The summed E-state index contributed by atoms with van der Waals surface area (Å²) in [5, 5.41) is 2.71. The Labute approximate surface area is 119 Å². The number of nitrogens with one attached hydrogen (secondary N) is 1. The summed E-state index contributed by atoms with van der Waals surface area (Å²) in [5.74, 6) is -2.77. The monoisotopic (exact) mass is 335 g/mol. The fourth-order valence-electron chi connectivity index (χ4n) is 1.60. The van der Waals surface area contributed by atoms with Gasteiger partial charge in [0.15, 0.2) is 18.2 Å². The molecule has 1 aromatic carbocycles. The molecule has 0 aliphatic rings. The zero-order chi connectivity index (χ0) is 14.4. The van der Waals surface area contributed by atoms with Crippen molar-refractivity contribution in [2.75, 3.05) is 6.61 Å². The molecule has 0 fully saturated rings. The molecule has 6 heteroatoms. The molecule has 0 spiro atoms. The van der Waals surface area contributed by atoms with Crippen LogP contribution in [0.5, 0.6) is 5.75 Å². The van der Waals surface area contributed by atoms with Crippen molar-refractivity contribution in [1.82, 2.24) is 5.32 Å². The number of hydrogen-bond acceptors (Lipinski definition) is 2. The minimum Gasteiger partial charge on any atom is -0.481 e. The maximum Gasteiger partial charge on any atom is 0.258 e. The van der Waals surface area contributed by atoms with Crippen LogP contribution in [-0.4, -0.2) is 18.6 Å². The summed E-state index contributed by atoms with van der Waals surface area (Å²) in [7, 11) is 0. The van der Waals surface area contributed by atoms with Crippen molar-refractivity contribution < 1.29 is 18.3 Å². The summed E-state index contributed by atoms with van der Waals surface area (Å²) in [6.45, 7) is 3.54. The van der Waals surface area contributed by atoms with Crippen LogP contribution in [0.15, 0.2) is 16.6 Å². The topological polar surface area (TPSA) is 38.3 Å². The SMILES string of the molecule is CCCC(C)NC(=O)COc1cc(Br)cc(F)c1F. The lowest BCUT2D eigenvalue weighted by Crippen LogP contribution is -2.36. The lowest BCUT2D eigenvalue weighted by molar-refractivity contribution is -0.123. The molecular formula is C13H16BrF2NO2. The number of ether oxygens (including phenoxy) is 1. The van der Waals surface area contributed by atoms with Crippen LogP contribution in [0.1, 0.15) is 26.7 Å². The van der Waals surface area contributed by atoms with E-state index in [1.165, 1.54) is 6.07 Å². The van der Waals surface area contributed by atoms with E-state index >= 15 is 0 Å². The molecule has 1 rings (SSSR count). The number of rotatable bonds is 6. The number of carbonyl (C=O) groups excluding carboxylic acids is 1. The molecule has 19 heavy (non-hydrogen) atoms. The van der Waals surface area contributed by atoms with Gasteiger partial charge in [0.1, 0.15) is 0 Å². The van der Waals surface area contributed by atoms with Gasteiger partial charge in [-0.15, -0.1) is 0 Å². The maximum absolute atomic E-state index is 13.4. The first-order valence-electron chi connectivity index (χ1n) is 6.00. The summed E-state index contributed by atoms with van der Waals surface area (Å²) in [6, 6.07) is 2.30. The minimum atomic E-state index is -1.10. The van der Waals surface area contributed by atoms with Gasteiger partial charge < -0.3 is 10.1 Å². The van der Waals surface area contributed by atoms with Crippen LogP contribution in [0.25, 0.3) is 0 Å². The number of benzene rings is 1. The van der Waals surface area contributed by atoms with E-state index in [-0.39, 0.29) is 24.3 Å². The van der Waals surface area contributed by atoms with Crippen LogP contribution < -0.4 is 10.1 Å². The van der Waals surface area contributed by atoms with E-state index in [0.717, 1.165) is 18.9 Å². The van der Waals surface area contributed by atoms with Crippen molar-refractivity contribution in [1.29, 1.82) is 0 Å². The van der Waals surface area contributed by atoms with Gasteiger partial charge in [-0.05, 0) is 25.5 Å². The molecule has 1 aromatic rings. The highest BCUT2D eigenvalue weighted by atomic mass is 79.9. The number of hydrogen-bond donors (Lipinski definition) is 1. The van der Waals surface area contributed by atoms with E-state index < -0.39 is 11.6 Å². The lowest BCUT2D eigenvalue weighted by Gasteiger charge is -2.13. The standard InChI is InChI=1S/C13H16BrF2NO2/c1-3-4-8(2)17-12(18)7-19-11-6-9(14)5-10(15)13(11)16/h5-6,8H,3-4,7H2,1-2H3,(H,17,18). The quantitative estimate of drug-likeness (QED) is 0.809. The molecular weight excluding hydrogens is 320 g/mol. The van der Waals surface area contributed by atoms with Crippen LogP contribution >= 0.6 is 15.9 Å². The molecule has 0 heterocycles. The van der Waals surface area contributed by atoms with Crippen molar-refractivity contribution in [3.8, 4) is 5.75 Å². The predicted octanol–water partition coefficient (Wildman–Crippen LogP) is 3.41. The first kappa shape index (κ1) is 15.9. The van der Waals surface area contributed by atoms with Gasteiger partial charge in [-0.25, -0.2) is 4.39 Å². The van der Waals surface area contributed by atoms with E-state index in [2.05, 4.69) is 21.2 Å². The summed E-state index contributed by atoms with van der Waals surface area (Å²) in [6.07, 6.45) is 1.80. The van der Waals surface area contributed by atoms with Crippen molar-refractivity contribution in [2.45, 2.75) is 32.7 Å². The Balaban J connectivity index is 2.55. The Morgan fingerprint density at radius 3 is 2.79 bits per heavy atom. The lowest BCUT2D eigenvalue weighted by atomic mass is 10.2. The molecule has 0 bridgehead atoms. The normalized spacial score (nSPS) is 12.1. The van der Waals surface area contributed by atoms with Gasteiger partial charge in [-0.1, -0.05) is 29.3 Å². The van der Waals surface area contributed by atoms with Crippen molar-refractivity contribution in [3.05, 3.63) is 28.2 Å². The molecule has 1 atom stereocenters. The molecule has 0 aliphatic heterocycles. The predicted molar refractivity (Wildman–Crippen MR) is 72.1 cm³/mol. The second kappa shape index (κ2) is 7.43. The van der Waals surface area contributed by atoms with Crippen LogP contribution in [0.3, 0.4) is 0 Å². The van der Waals surface area contributed by atoms with Gasteiger partial charge in [0.2, 0.25) is 5.82 Å². The summed E-state index contributed by atoms with van der Waals surface area (Å²) in [4.78, 5) is 11.5. The van der Waals surface area contributed by atoms with Crippen molar-refractivity contribution >= 4 is 21.8 Å². The third-order valence-electron chi connectivity index (χ3n) is 2.45. The third kappa shape index (κ3) is 5.14. The van der Waals surface area contributed by atoms with E-state index in [9.17, 15) is 13.6 Å². The molecule has 0 aromatic heterocycles. The third-order valence-corrected chi connectivity index (χ3v) is 2.91. The zero-order valence-electron chi connectivity index (χ0n) is 10.8. The number of halogens is 3. The van der Waals surface area contributed by atoms with Crippen LogP contribution in [-0.2, 0) is 4.79 Å². The fourth-order valence-corrected chi connectivity index (χ4v) is 2.01. The largest absolute Gasteiger partial charge is 0.481 e. The summed E-state index contributed by atoms with van der Waals surface area (Å²) < 4.78 is 31.8. The van der Waals surface area contributed by atoms with E-state index in [0.29, 0.717) is 4.47 Å². The van der Waals surface area contributed by atoms with Gasteiger partial charge in [0, 0.05) is 10.5 Å². The average molecular weight is 336 g/mol. The Bertz CT molecular complexity index is 455. The Kier molecular flexibility index (Phi) is 6.21. The number of amides is 1. The fraction of sp³-hybridized carbons (Fsp3) is 0.462. The Hall–Kier alpha value is -1.17. The summed E-state index contributed by atoms with van der Waals surface area (Å²) in [5.41, 5.74) is 0. The van der Waals surface area contributed by atoms with Crippen LogP contribution in [0.4, 0.5) is 8.78 Å². The Morgan fingerprint density at radius 1 is 1.47 bits per heavy atom. The second-order valence-electron chi connectivity index (χ2n) is 4.25. The van der Waals surface area contributed by atoms with Gasteiger partial charge in [-0.2, -0.15) is 4.39 Å². The van der Waals surface area contributed by atoms with Gasteiger partial charge in [0.05, 0.1) is 0 Å². The maximum atomic E-state index is 13.4. The molecule has 0 saturated carbocycles. The zero-order valence-corrected chi connectivity index (χ0v) is 12.4. The number of carbonyl (C=O) groups is 1. The van der Waals surface area contributed by atoms with Crippen molar-refractivity contribution in [3.63, 3.8) is 0 Å². The highest BCUT2D eigenvalue weighted by Gasteiger charge is 2.13. The molecule has 3 nitrogen and oxygen atoms in total. The molecule has 0 aliphatic carbocycles. The van der Waals surface area contributed by atoms with E-state index in [1.807, 2.05) is 13.8 Å².